The van der Waals surface area contributed by atoms with Crippen molar-refractivity contribution < 1.29 is 4.79 Å². The summed E-state index contributed by atoms with van der Waals surface area (Å²) in [4.78, 5) is 21.4. The van der Waals surface area contributed by atoms with E-state index in [1.54, 1.807) is 4.52 Å². The number of amides is 1. The molecule has 2 aromatic heterocycles. The van der Waals surface area contributed by atoms with Crippen LogP contribution in [0.3, 0.4) is 0 Å². The zero-order chi connectivity index (χ0) is 22.0. The van der Waals surface area contributed by atoms with Crippen LogP contribution < -0.4 is 5.32 Å². The molecule has 0 aliphatic rings. The van der Waals surface area contributed by atoms with Crippen molar-refractivity contribution in [3.8, 4) is 0 Å². The summed E-state index contributed by atoms with van der Waals surface area (Å²) < 4.78 is 1.74. The quantitative estimate of drug-likeness (QED) is 0.416. The molecule has 158 valence electrons. The highest BCUT2D eigenvalue weighted by Crippen LogP contribution is 2.24. The summed E-state index contributed by atoms with van der Waals surface area (Å²) in [7, 11) is 0. The molecule has 0 radical (unpaired) electrons. The number of aromatic nitrogens is 4. The van der Waals surface area contributed by atoms with Gasteiger partial charge < -0.3 is 5.32 Å². The van der Waals surface area contributed by atoms with E-state index >= 15 is 0 Å². The number of nitrogens with one attached hydrogen (secondary N) is 1. The Hall–Kier alpha value is -2.90. The maximum atomic E-state index is 12.3. The van der Waals surface area contributed by atoms with Gasteiger partial charge in [0.15, 0.2) is 0 Å². The Morgan fingerprint density at radius 3 is 2.55 bits per heavy atom. The van der Waals surface area contributed by atoms with E-state index in [0.717, 1.165) is 38.8 Å². The molecule has 0 spiro atoms. The minimum absolute atomic E-state index is 0.104. The van der Waals surface area contributed by atoms with Crippen molar-refractivity contribution in [3.05, 3.63) is 81.6 Å². The normalized spacial score (nSPS) is 11.1. The predicted octanol–water partition coefficient (Wildman–Crippen LogP) is 5.02. The molecular weight excluding hydrogens is 430 g/mol. The van der Waals surface area contributed by atoms with Gasteiger partial charge in [0, 0.05) is 28.5 Å². The predicted molar refractivity (Wildman–Crippen MR) is 125 cm³/mol. The van der Waals surface area contributed by atoms with Gasteiger partial charge in [-0.3, -0.25) is 4.79 Å². The number of fused-ring (bicyclic) bond motifs is 1. The molecule has 0 aliphatic heterocycles. The molecule has 0 aliphatic carbocycles. The molecule has 6 nitrogen and oxygen atoms in total. The first-order valence-corrected chi connectivity index (χ1v) is 11.2. The lowest BCUT2D eigenvalue weighted by molar-refractivity contribution is -0.113. The van der Waals surface area contributed by atoms with Crippen LogP contribution in [-0.4, -0.2) is 31.2 Å². The molecule has 0 bridgehead atoms. The second-order valence-corrected chi connectivity index (χ2v) is 8.69. The highest BCUT2D eigenvalue weighted by Gasteiger charge is 2.16. The van der Waals surface area contributed by atoms with Crippen LogP contribution in [0.2, 0.25) is 5.02 Å². The number of halogens is 1. The largest absolute Gasteiger partial charge is 0.325 e. The summed E-state index contributed by atoms with van der Waals surface area (Å²) in [5, 5.41) is 8.70. The third kappa shape index (κ3) is 4.89. The number of carbonyl (C=O) groups excluding carboxylic acids is 1. The third-order valence-corrected chi connectivity index (χ3v) is 6.23. The summed E-state index contributed by atoms with van der Waals surface area (Å²) in [6.45, 7) is 5.98. The van der Waals surface area contributed by atoms with Gasteiger partial charge in [0.25, 0.3) is 5.78 Å². The molecule has 4 rings (SSSR count). The molecule has 0 atom stereocenters. The molecule has 31 heavy (non-hydrogen) atoms. The number of carbonyl (C=O) groups is 1. The van der Waals surface area contributed by atoms with Gasteiger partial charge in [0.05, 0.1) is 5.75 Å². The molecule has 1 N–H and O–H groups in total. The van der Waals surface area contributed by atoms with Crippen LogP contribution in [0.15, 0.2) is 53.7 Å². The standard InChI is InChI=1S/C23H22ClN5OS/c1-14-8-10-18(11-9-14)26-21(30)13-31-23-27-22-25-15(2)19(16(3)29(22)28-23)12-17-6-4-5-7-20(17)24/h4-11H,12-13H2,1-3H3,(H,26,30). The van der Waals surface area contributed by atoms with Crippen molar-refractivity contribution in [3.63, 3.8) is 0 Å². The Kier molecular flexibility index (Phi) is 6.25. The van der Waals surface area contributed by atoms with E-state index in [1.165, 1.54) is 11.8 Å². The van der Waals surface area contributed by atoms with Crippen molar-refractivity contribution in [2.45, 2.75) is 32.3 Å². The van der Waals surface area contributed by atoms with Crippen LogP contribution in [0.5, 0.6) is 0 Å². The fraction of sp³-hybridized carbons (Fsp3) is 0.217. The molecule has 0 fully saturated rings. The van der Waals surface area contributed by atoms with E-state index in [-0.39, 0.29) is 11.7 Å². The molecular formula is C23H22ClN5OS. The smallest absolute Gasteiger partial charge is 0.253 e. The minimum Gasteiger partial charge on any atom is -0.325 e. The summed E-state index contributed by atoms with van der Waals surface area (Å²) in [5.74, 6) is 0.641. The van der Waals surface area contributed by atoms with Gasteiger partial charge in [-0.05, 0) is 50.1 Å². The second kappa shape index (κ2) is 9.08. The van der Waals surface area contributed by atoms with Crippen LogP contribution in [0.25, 0.3) is 5.78 Å². The van der Waals surface area contributed by atoms with Crippen molar-refractivity contribution >= 4 is 40.7 Å². The molecule has 2 heterocycles. The summed E-state index contributed by atoms with van der Waals surface area (Å²) >= 11 is 7.63. The van der Waals surface area contributed by atoms with Gasteiger partial charge >= 0.3 is 0 Å². The molecule has 0 saturated heterocycles. The maximum Gasteiger partial charge on any atom is 0.253 e. The number of benzene rings is 2. The van der Waals surface area contributed by atoms with Crippen LogP contribution >= 0.6 is 23.4 Å². The summed E-state index contributed by atoms with van der Waals surface area (Å²) in [6, 6.07) is 15.5. The monoisotopic (exact) mass is 451 g/mol. The van der Waals surface area contributed by atoms with Gasteiger partial charge in [-0.25, -0.2) is 9.50 Å². The van der Waals surface area contributed by atoms with Gasteiger partial charge in [-0.1, -0.05) is 59.3 Å². The lowest BCUT2D eigenvalue weighted by Gasteiger charge is -2.11. The van der Waals surface area contributed by atoms with Gasteiger partial charge in [-0.15, -0.1) is 5.10 Å². The number of thioether (sulfide) groups is 1. The zero-order valence-corrected chi connectivity index (χ0v) is 19.1. The number of hydrogen-bond acceptors (Lipinski definition) is 5. The number of rotatable bonds is 6. The number of nitrogens with zero attached hydrogens (tertiary/aromatic N) is 4. The van der Waals surface area contributed by atoms with Crippen molar-refractivity contribution in [2.24, 2.45) is 0 Å². The molecule has 4 aromatic rings. The molecule has 8 heteroatoms. The van der Waals surface area contributed by atoms with E-state index in [4.69, 9.17) is 11.6 Å². The fourth-order valence-corrected chi connectivity index (χ4v) is 4.12. The van der Waals surface area contributed by atoms with Crippen molar-refractivity contribution in [2.75, 3.05) is 11.1 Å². The highest BCUT2D eigenvalue weighted by atomic mass is 35.5. The van der Waals surface area contributed by atoms with Crippen LogP contribution in [0.4, 0.5) is 5.69 Å². The zero-order valence-electron chi connectivity index (χ0n) is 17.5. The van der Waals surface area contributed by atoms with Gasteiger partial charge in [0.1, 0.15) is 0 Å². The lowest BCUT2D eigenvalue weighted by atomic mass is 10.0. The fourth-order valence-electron chi connectivity index (χ4n) is 3.30. The lowest BCUT2D eigenvalue weighted by Crippen LogP contribution is -2.14. The maximum absolute atomic E-state index is 12.3. The van der Waals surface area contributed by atoms with Gasteiger partial charge in [0.2, 0.25) is 11.1 Å². The molecule has 0 unspecified atom stereocenters. The SMILES string of the molecule is Cc1ccc(NC(=O)CSc2nc3nc(C)c(Cc4ccccc4Cl)c(C)n3n2)cc1. The topological polar surface area (TPSA) is 72.2 Å². The summed E-state index contributed by atoms with van der Waals surface area (Å²) in [6.07, 6.45) is 0.668. The number of aryl methyl sites for hydroxylation is 3. The molecule has 1 amide bonds. The Morgan fingerprint density at radius 2 is 1.81 bits per heavy atom. The Labute approximate surface area is 190 Å². The highest BCUT2D eigenvalue weighted by molar-refractivity contribution is 7.99. The molecule has 0 saturated carbocycles. The van der Waals surface area contributed by atoms with E-state index < -0.39 is 0 Å². The van der Waals surface area contributed by atoms with Crippen molar-refractivity contribution in [1.29, 1.82) is 0 Å². The Balaban J connectivity index is 1.50. The van der Waals surface area contributed by atoms with Crippen molar-refractivity contribution in [1.82, 2.24) is 19.6 Å². The van der Waals surface area contributed by atoms with E-state index in [2.05, 4.69) is 20.4 Å². The van der Waals surface area contributed by atoms with Crippen LogP contribution in [-0.2, 0) is 11.2 Å². The first kappa shape index (κ1) is 21.3. The Bertz CT molecular complexity index is 1250. The number of anilines is 1. The first-order valence-electron chi connectivity index (χ1n) is 9.86. The minimum atomic E-state index is -0.104. The Morgan fingerprint density at radius 1 is 1.06 bits per heavy atom. The number of hydrogen-bond donors (Lipinski definition) is 1. The van der Waals surface area contributed by atoms with E-state index in [1.807, 2.05) is 69.3 Å². The third-order valence-electron chi connectivity index (χ3n) is 5.02. The average Bonchev–Trinajstić information content (AvgIpc) is 3.15. The van der Waals surface area contributed by atoms with Gasteiger partial charge in [-0.2, -0.15) is 4.98 Å². The van der Waals surface area contributed by atoms with E-state index in [9.17, 15) is 4.79 Å². The second-order valence-electron chi connectivity index (χ2n) is 7.34. The van der Waals surface area contributed by atoms with Crippen LogP contribution in [0.1, 0.15) is 28.1 Å². The summed E-state index contributed by atoms with van der Waals surface area (Å²) in [5.41, 5.74) is 5.89. The first-order chi connectivity index (χ1) is 14.9. The average molecular weight is 452 g/mol. The van der Waals surface area contributed by atoms with Crippen LogP contribution in [0, 0.1) is 20.8 Å². The van der Waals surface area contributed by atoms with E-state index in [0.29, 0.717) is 17.4 Å². The molecule has 2 aromatic carbocycles.